The van der Waals surface area contributed by atoms with Crippen LogP contribution in [0, 0.1) is 5.92 Å². The van der Waals surface area contributed by atoms with Crippen LogP contribution in [0.15, 0.2) is 54.6 Å². The van der Waals surface area contributed by atoms with E-state index in [1.807, 2.05) is 13.8 Å². The number of hydrogen-bond acceptors (Lipinski definition) is 2. The Hall–Kier alpha value is -1.55. The molecule has 0 atom stereocenters. The van der Waals surface area contributed by atoms with Gasteiger partial charge in [0.05, 0.1) is 27.3 Å². The summed E-state index contributed by atoms with van der Waals surface area (Å²) in [5.74, 6) is 1.66. The van der Waals surface area contributed by atoms with Gasteiger partial charge in [-0.25, -0.2) is 0 Å². The van der Waals surface area contributed by atoms with E-state index in [1.54, 1.807) is 0 Å². The van der Waals surface area contributed by atoms with Gasteiger partial charge in [-0.1, -0.05) is 90.4 Å². The zero-order valence-electron chi connectivity index (χ0n) is 22.4. The van der Waals surface area contributed by atoms with Crippen LogP contribution in [0.3, 0.4) is 0 Å². The monoisotopic (exact) mass is 477 g/mol. The first-order valence-corrected chi connectivity index (χ1v) is 12.3. The molecule has 188 valence electrons. The van der Waals surface area contributed by atoms with Crippen LogP contribution < -0.4 is 17.1 Å². The molecular weight excluding hydrogens is 430 g/mol. The molecule has 0 aliphatic rings. The molecule has 0 fully saturated rings. The highest BCUT2D eigenvalue weighted by Gasteiger charge is 2.20. The fraction of sp³-hybridized carbons (Fsp3) is 0.586. The van der Waals surface area contributed by atoms with E-state index in [1.165, 1.54) is 24.0 Å². The van der Waals surface area contributed by atoms with Crippen molar-refractivity contribution >= 4 is 0 Å². The summed E-state index contributed by atoms with van der Waals surface area (Å²) in [6.07, 6.45) is 2.46. The van der Waals surface area contributed by atoms with E-state index in [0.29, 0.717) is 13.2 Å². The van der Waals surface area contributed by atoms with Gasteiger partial charge in [0.2, 0.25) is 0 Å². The zero-order valence-corrected chi connectivity index (χ0v) is 23.1. The fourth-order valence-electron chi connectivity index (χ4n) is 3.59. The molecule has 4 heteroatoms. The van der Waals surface area contributed by atoms with Crippen LogP contribution in [0.5, 0.6) is 5.75 Å². The van der Waals surface area contributed by atoms with Crippen LogP contribution in [0.1, 0.15) is 65.5 Å². The highest BCUT2D eigenvalue weighted by atomic mass is 35.5. The lowest BCUT2D eigenvalue weighted by atomic mass is 9.79. The fourth-order valence-corrected chi connectivity index (χ4v) is 3.59. The Labute approximate surface area is 210 Å². The van der Waals surface area contributed by atoms with Crippen molar-refractivity contribution in [2.24, 2.45) is 5.92 Å². The lowest BCUT2D eigenvalue weighted by Crippen LogP contribution is -3.00. The molecule has 0 aliphatic heterocycles. The second kappa shape index (κ2) is 16.1. The number of hydrogen-bond donors (Lipinski definition) is 0. The number of rotatable bonds is 13. The normalized spacial score (nSPS) is 11.4. The van der Waals surface area contributed by atoms with E-state index in [-0.39, 0.29) is 17.8 Å². The molecule has 0 heterocycles. The largest absolute Gasteiger partial charge is 1.00 e. The number of ether oxygens (including phenoxy) is 2. The van der Waals surface area contributed by atoms with Gasteiger partial charge in [0.25, 0.3) is 0 Å². The average molecular weight is 478 g/mol. The lowest BCUT2D eigenvalue weighted by molar-refractivity contribution is -0.904. The first kappa shape index (κ1) is 31.4. The molecule has 0 aliphatic carbocycles. The van der Waals surface area contributed by atoms with Crippen molar-refractivity contribution in [1.29, 1.82) is 0 Å². The molecule has 3 nitrogen and oxygen atoms in total. The van der Waals surface area contributed by atoms with Gasteiger partial charge in [-0.05, 0) is 35.4 Å². The first-order valence-electron chi connectivity index (χ1n) is 12.3. The number of likely N-dealkylation sites (N-methyl/N-ethyl adjacent to an activating group) is 1. The van der Waals surface area contributed by atoms with E-state index in [2.05, 4.69) is 96.4 Å². The van der Waals surface area contributed by atoms with E-state index >= 15 is 0 Å². The van der Waals surface area contributed by atoms with Crippen LogP contribution in [-0.2, 0) is 16.7 Å². The number of halogens is 1. The SMILES string of the molecule is CC.CC(C)CCC(C)(C)c1ccc(OCCOCC[N+](C)(C)Cc2ccccc2)cc1.[Cl-]. The Balaban J connectivity index is 0.00000332. The maximum Gasteiger partial charge on any atom is 0.119 e. The second-order valence-electron chi connectivity index (χ2n) is 10.1. The predicted octanol–water partition coefficient (Wildman–Crippen LogP) is 4.10. The van der Waals surface area contributed by atoms with Gasteiger partial charge in [0.1, 0.15) is 25.4 Å². The highest BCUT2D eigenvalue weighted by Crippen LogP contribution is 2.31. The number of nitrogens with zero attached hydrogens (tertiary/aromatic N) is 1. The Morgan fingerprint density at radius 3 is 2.03 bits per heavy atom. The molecule has 33 heavy (non-hydrogen) atoms. The molecular formula is C29H48ClNO2. The minimum Gasteiger partial charge on any atom is -1.00 e. The maximum absolute atomic E-state index is 5.87. The van der Waals surface area contributed by atoms with E-state index in [0.717, 1.165) is 35.8 Å². The summed E-state index contributed by atoms with van der Waals surface area (Å²) in [5, 5.41) is 0. The molecule has 2 aromatic rings. The average Bonchev–Trinajstić information content (AvgIpc) is 2.77. The minimum absolute atomic E-state index is 0. The van der Waals surface area contributed by atoms with Crippen molar-refractivity contribution in [3.8, 4) is 5.75 Å². The molecule has 0 bridgehead atoms. The highest BCUT2D eigenvalue weighted by molar-refractivity contribution is 5.31. The van der Waals surface area contributed by atoms with Crippen molar-refractivity contribution in [3.63, 3.8) is 0 Å². The van der Waals surface area contributed by atoms with Gasteiger partial charge < -0.3 is 26.4 Å². The Kier molecular flexibility index (Phi) is 15.4. The molecule has 0 radical (unpaired) electrons. The third kappa shape index (κ3) is 13.1. The maximum atomic E-state index is 5.87. The standard InChI is InChI=1S/C27H42NO2.C2H6.ClH/c1-23(2)16-17-27(3,4)25-12-14-26(15-13-25)30-21-20-29-19-18-28(5,6)22-24-10-8-7-9-11-24;1-2;/h7-15,23H,16-22H2,1-6H3;1-2H3;1H/q+1;;/p-1. The van der Waals surface area contributed by atoms with E-state index in [9.17, 15) is 0 Å². The smallest absolute Gasteiger partial charge is 0.119 e. The van der Waals surface area contributed by atoms with Gasteiger partial charge >= 0.3 is 0 Å². The quantitative estimate of drug-likeness (QED) is 0.319. The van der Waals surface area contributed by atoms with Crippen LogP contribution in [0.2, 0.25) is 0 Å². The summed E-state index contributed by atoms with van der Waals surface area (Å²) in [7, 11) is 4.49. The van der Waals surface area contributed by atoms with E-state index in [4.69, 9.17) is 9.47 Å². The van der Waals surface area contributed by atoms with E-state index < -0.39 is 0 Å². The van der Waals surface area contributed by atoms with Crippen molar-refractivity contribution in [2.75, 3.05) is 40.5 Å². The van der Waals surface area contributed by atoms with Crippen LogP contribution in [0.25, 0.3) is 0 Å². The van der Waals surface area contributed by atoms with Gasteiger partial charge in [-0.3, -0.25) is 0 Å². The first-order chi connectivity index (χ1) is 15.2. The molecule has 0 amide bonds. The van der Waals surface area contributed by atoms with Gasteiger partial charge in [0, 0.05) is 5.56 Å². The van der Waals surface area contributed by atoms with Gasteiger partial charge in [-0.15, -0.1) is 0 Å². The van der Waals surface area contributed by atoms with Crippen molar-refractivity contribution in [1.82, 2.24) is 0 Å². The Bertz CT molecular complexity index is 727. The third-order valence-corrected chi connectivity index (χ3v) is 5.77. The number of benzene rings is 2. The molecule has 0 saturated heterocycles. The molecule has 0 unspecified atom stereocenters. The summed E-state index contributed by atoms with van der Waals surface area (Å²) in [6.45, 7) is 17.2. The van der Waals surface area contributed by atoms with Crippen molar-refractivity contribution in [2.45, 2.75) is 66.3 Å². The van der Waals surface area contributed by atoms with Gasteiger partial charge in [-0.2, -0.15) is 0 Å². The third-order valence-electron chi connectivity index (χ3n) is 5.77. The minimum atomic E-state index is 0. The predicted molar refractivity (Wildman–Crippen MR) is 138 cm³/mol. The lowest BCUT2D eigenvalue weighted by Gasteiger charge is -2.29. The van der Waals surface area contributed by atoms with Gasteiger partial charge in [0.15, 0.2) is 0 Å². The summed E-state index contributed by atoms with van der Waals surface area (Å²) in [5.41, 5.74) is 2.95. The summed E-state index contributed by atoms with van der Waals surface area (Å²) in [4.78, 5) is 0. The molecule has 2 aromatic carbocycles. The Morgan fingerprint density at radius 2 is 1.45 bits per heavy atom. The summed E-state index contributed by atoms with van der Waals surface area (Å²) >= 11 is 0. The van der Waals surface area contributed by atoms with Crippen molar-refractivity contribution < 1.29 is 26.4 Å². The van der Waals surface area contributed by atoms with Crippen LogP contribution in [-0.4, -0.2) is 44.9 Å². The second-order valence-corrected chi connectivity index (χ2v) is 10.1. The zero-order chi connectivity index (χ0) is 24.0. The van der Waals surface area contributed by atoms with Crippen LogP contribution >= 0.6 is 0 Å². The Morgan fingerprint density at radius 1 is 0.848 bits per heavy atom. The summed E-state index contributed by atoms with van der Waals surface area (Å²) < 4.78 is 12.6. The molecule has 2 rings (SSSR count). The topological polar surface area (TPSA) is 18.5 Å². The number of quaternary nitrogens is 1. The van der Waals surface area contributed by atoms with Crippen molar-refractivity contribution in [3.05, 3.63) is 65.7 Å². The molecule has 0 saturated carbocycles. The molecule has 0 N–H and O–H groups in total. The summed E-state index contributed by atoms with van der Waals surface area (Å²) in [6, 6.07) is 19.2. The molecule has 0 aromatic heterocycles. The molecule has 0 spiro atoms. The van der Waals surface area contributed by atoms with Crippen LogP contribution in [0.4, 0.5) is 0 Å².